The quantitative estimate of drug-likeness (QED) is 0.634. The molecule has 0 radical (unpaired) electrons. The van der Waals surface area contributed by atoms with Gasteiger partial charge in [0, 0.05) is 0 Å². The minimum atomic E-state index is -0.721. The van der Waals surface area contributed by atoms with Gasteiger partial charge in [0.05, 0.1) is 6.42 Å². The van der Waals surface area contributed by atoms with E-state index in [1.165, 1.54) is 0 Å². The maximum Gasteiger partial charge on any atom is 0.303 e. The van der Waals surface area contributed by atoms with E-state index >= 15 is 0 Å². The smallest absolute Gasteiger partial charge is 0.303 e. The first kappa shape index (κ1) is 10.2. The van der Waals surface area contributed by atoms with Crippen LogP contribution in [0, 0.1) is 11.8 Å². The molecule has 11 heavy (non-hydrogen) atoms. The summed E-state index contributed by atoms with van der Waals surface area (Å²) < 4.78 is 0. The third-order valence-corrected chi connectivity index (χ3v) is 1.71. The summed E-state index contributed by atoms with van der Waals surface area (Å²) in [4.78, 5) is 10.4. The van der Waals surface area contributed by atoms with Gasteiger partial charge in [0.2, 0.25) is 0 Å². The highest BCUT2D eigenvalue weighted by Gasteiger charge is 2.12. The lowest BCUT2D eigenvalue weighted by Gasteiger charge is -2.13. The summed E-state index contributed by atoms with van der Waals surface area (Å²) in [6.07, 6.45) is 4.11. The molecule has 0 aromatic rings. The highest BCUT2D eigenvalue weighted by atomic mass is 16.4. The van der Waals surface area contributed by atoms with Gasteiger partial charge in [-0.2, -0.15) is 0 Å². The second-order valence-electron chi connectivity index (χ2n) is 3.03. The van der Waals surface area contributed by atoms with Gasteiger partial charge in [-0.15, -0.1) is 0 Å². The van der Waals surface area contributed by atoms with Crippen LogP contribution in [0.3, 0.4) is 0 Å². The normalized spacial score (nSPS) is 14.2. The van der Waals surface area contributed by atoms with E-state index in [1.54, 1.807) is 0 Å². The number of aliphatic carboxylic acids is 1. The van der Waals surface area contributed by atoms with Crippen molar-refractivity contribution in [1.82, 2.24) is 0 Å². The van der Waals surface area contributed by atoms with Crippen molar-refractivity contribution < 1.29 is 9.90 Å². The van der Waals surface area contributed by atoms with Crippen LogP contribution in [0.15, 0.2) is 12.2 Å². The Labute approximate surface area is 67.9 Å². The Balaban J connectivity index is 4.00. The highest BCUT2D eigenvalue weighted by Crippen LogP contribution is 2.16. The van der Waals surface area contributed by atoms with E-state index in [2.05, 4.69) is 0 Å². The number of hydrogen-bond acceptors (Lipinski definition) is 1. The lowest BCUT2D eigenvalue weighted by atomic mass is 9.92. The summed E-state index contributed by atoms with van der Waals surface area (Å²) in [5, 5.41) is 8.53. The molecule has 1 N–H and O–H groups in total. The molecule has 0 amide bonds. The van der Waals surface area contributed by atoms with Crippen molar-refractivity contribution in [3.8, 4) is 0 Å². The lowest BCUT2D eigenvalue weighted by Crippen LogP contribution is -2.11. The molecular formula is C9H16O2. The van der Waals surface area contributed by atoms with E-state index in [0.717, 1.165) is 0 Å². The molecule has 1 atom stereocenters. The van der Waals surface area contributed by atoms with E-state index in [4.69, 9.17) is 5.11 Å². The molecule has 0 heterocycles. The summed E-state index contributed by atoms with van der Waals surface area (Å²) in [5.41, 5.74) is 0. The third kappa shape index (κ3) is 4.59. The number of rotatable bonds is 4. The summed E-state index contributed by atoms with van der Waals surface area (Å²) in [6, 6.07) is 0. The van der Waals surface area contributed by atoms with Crippen molar-refractivity contribution in [3.05, 3.63) is 12.2 Å². The number of carboxylic acids is 1. The van der Waals surface area contributed by atoms with Gasteiger partial charge < -0.3 is 5.11 Å². The zero-order chi connectivity index (χ0) is 8.85. The first-order chi connectivity index (χ1) is 5.07. The zero-order valence-electron chi connectivity index (χ0n) is 7.37. The first-order valence-electron chi connectivity index (χ1n) is 3.92. The Morgan fingerprint density at radius 3 is 2.36 bits per heavy atom. The molecule has 0 fully saturated rings. The van der Waals surface area contributed by atoms with Crippen LogP contribution in [0.2, 0.25) is 0 Å². The second-order valence-corrected chi connectivity index (χ2v) is 3.03. The molecule has 0 aliphatic heterocycles. The van der Waals surface area contributed by atoms with Gasteiger partial charge in [0.25, 0.3) is 0 Å². The largest absolute Gasteiger partial charge is 0.481 e. The number of carbonyl (C=O) groups is 1. The molecule has 0 rings (SSSR count). The van der Waals surface area contributed by atoms with Gasteiger partial charge in [0.15, 0.2) is 0 Å². The number of hydrogen-bond donors (Lipinski definition) is 1. The molecule has 0 aliphatic carbocycles. The topological polar surface area (TPSA) is 37.3 Å². The van der Waals surface area contributed by atoms with E-state index in [9.17, 15) is 4.79 Å². The Morgan fingerprint density at radius 1 is 1.55 bits per heavy atom. The van der Waals surface area contributed by atoms with Gasteiger partial charge in [0.1, 0.15) is 0 Å². The second kappa shape index (κ2) is 4.94. The minimum Gasteiger partial charge on any atom is -0.481 e. The van der Waals surface area contributed by atoms with Crippen molar-refractivity contribution in [3.63, 3.8) is 0 Å². The third-order valence-electron chi connectivity index (χ3n) is 1.71. The van der Waals surface area contributed by atoms with Crippen LogP contribution in [0.4, 0.5) is 0 Å². The van der Waals surface area contributed by atoms with Gasteiger partial charge in [-0.1, -0.05) is 26.0 Å². The zero-order valence-corrected chi connectivity index (χ0v) is 7.37. The van der Waals surface area contributed by atoms with Crippen molar-refractivity contribution in [1.29, 1.82) is 0 Å². The average molecular weight is 156 g/mol. The Morgan fingerprint density at radius 2 is 2.09 bits per heavy atom. The highest BCUT2D eigenvalue weighted by molar-refractivity contribution is 5.67. The van der Waals surface area contributed by atoms with Gasteiger partial charge in [-0.25, -0.2) is 0 Å². The van der Waals surface area contributed by atoms with Crippen LogP contribution in [-0.2, 0) is 4.79 Å². The predicted molar refractivity (Wildman–Crippen MR) is 45.4 cm³/mol. The van der Waals surface area contributed by atoms with Crippen LogP contribution in [0.5, 0.6) is 0 Å². The molecule has 0 bridgehead atoms. The van der Waals surface area contributed by atoms with E-state index in [1.807, 2.05) is 32.9 Å². The average Bonchev–Trinajstić information content (AvgIpc) is 1.86. The van der Waals surface area contributed by atoms with Crippen LogP contribution < -0.4 is 0 Å². The van der Waals surface area contributed by atoms with Crippen molar-refractivity contribution in [2.75, 3.05) is 0 Å². The predicted octanol–water partition coefficient (Wildman–Crippen LogP) is 2.31. The van der Waals surface area contributed by atoms with Crippen LogP contribution in [-0.4, -0.2) is 11.1 Å². The molecule has 0 aromatic heterocycles. The van der Waals surface area contributed by atoms with Crippen LogP contribution >= 0.6 is 0 Å². The van der Waals surface area contributed by atoms with Gasteiger partial charge in [-0.05, 0) is 18.8 Å². The van der Waals surface area contributed by atoms with Gasteiger partial charge >= 0.3 is 5.97 Å². The Hall–Kier alpha value is -0.790. The van der Waals surface area contributed by atoms with Crippen molar-refractivity contribution in [2.24, 2.45) is 11.8 Å². The first-order valence-corrected chi connectivity index (χ1v) is 3.92. The molecule has 2 heteroatoms. The molecule has 0 saturated carbocycles. The molecular weight excluding hydrogens is 140 g/mol. The summed E-state index contributed by atoms with van der Waals surface area (Å²) in [5.74, 6) is -0.137. The molecule has 2 nitrogen and oxygen atoms in total. The fraction of sp³-hybridized carbons (Fsp3) is 0.667. The molecule has 64 valence electrons. The van der Waals surface area contributed by atoms with E-state index < -0.39 is 5.97 Å². The summed E-state index contributed by atoms with van der Waals surface area (Å²) in [7, 11) is 0. The Bertz CT molecular complexity index is 148. The van der Waals surface area contributed by atoms with E-state index in [-0.39, 0.29) is 12.3 Å². The number of allylic oxidation sites excluding steroid dienone is 2. The monoisotopic (exact) mass is 156 g/mol. The van der Waals surface area contributed by atoms with Crippen LogP contribution in [0.1, 0.15) is 27.2 Å². The maximum absolute atomic E-state index is 10.4. The molecule has 0 saturated heterocycles. The van der Waals surface area contributed by atoms with Crippen molar-refractivity contribution in [2.45, 2.75) is 27.2 Å². The lowest BCUT2D eigenvalue weighted by molar-refractivity contribution is -0.138. The molecule has 0 aliphatic rings. The van der Waals surface area contributed by atoms with Crippen molar-refractivity contribution >= 4 is 5.97 Å². The summed E-state index contributed by atoms with van der Waals surface area (Å²) in [6.45, 7) is 5.98. The SMILES string of the molecule is C/C=C/C(CC(=O)O)C(C)C. The maximum atomic E-state index is 10.4. The van der Waals surface area contributed by atoms with E-state index in [0.29, 0.717) is 5.92 Å². The Kier molecular flexibility index (Phi) is 4.59. The fourth-order valence-electron chi connectivity index (χ4n) is 0.975. The number of carboxylic acid groups (broad SMARTS) is 1. The molecule has 0 aromatic carbocycles. The standard InChI is InChI=1S/C9H16O2/c1-4-5-8(7(2)3)6-9(10)11/h4-5,7-8H,6H2,1-3H3,(H,10,11)/b5-4+. The minimum absolute atomic E-state index is 0.178. The fourth-order valence-corrected chi connectivity index (χ4v) is 0.975. The van der Waals surface area contributed by atoms with Crippen LogP contribution in [0.25, 0.3) is 0 Å². The molecule has 0 spiro atoms. The molecule has 1 unspecified atom stereocenters. The summed E-state index contributed by atoms with van der Waals surface area (Å²) >= 11 is 0. The van der Waals surface area contributed by atoms with Gasteiger partial charge in [-0.3, -0.25) is 4.79 Å².